The van der Waals surface area contributed by atoms with E-state index in [0.717, 1.165) is 24.4 Å². The Morgan fingerprint density at radius 3 is 2.27 bits per heavy atom. The SMILES string of the molecule is COc1ccc(C(CNC(=O)CNC(=O)C(C)(C)C)N2CCCC2)cc1. The van der Waals surface area contributed by atoms with E-state index in [4.69, 9.17) is 4.74 Å². The lowest BCUT2D eigenvalue weighted by Gasteiger charge is -2.28. The summed E-state index contributed by atoms with van der Waals surface area (Å²) in [6.07, 6.45) is 2.37. The number of nitrogens with one attached hydrogen (secondary N) is 2. The van der Waals surface area contributed by atoms with E-state index in [1.54, 1.807) is 7.11 Å². The topological polar surface area (TPSA) is 70.7 Å². The second-order valence-electron chi connectivity index (χ2n) is 7.77. The van der Waals surface area contributed by atoms with Crippen molar-refractivity contribution in [1.82, 2.24) is 15.5 Å². The van der Waals surface area contributed by atoms with Gasteiger partial charge in [-0.1, -0.05) is 32.9 Å². The molecule has 1 aromatic carbocycles. The Hall–Kier alpha value is -2.08. The number of carbonyl (C=O) groups is 2. The third-order valence-electron chi connectivity index (χ3n) is 4.67. The van der Waals surface area contributed by atoms with Crippen LogP contribution in [0.25, 0.3) is 0 Å². The molecule has 1 aromatic rings. The van der Waals surface area contributed by atoms with Crippen LogP contribution < -0.4 is 15.4 Å². The van der Waals surface area contributed by atoms with Gasteiger partial charge < -0.3 is 15.4 Å². The average molecular weight is 361 g/mol. The summed E-state index contributed by atoms with van der Waals surface area (Å²) < 4.78 is 5.23. The number of nitrogens with zero attached hydrogens (tertiary/aromatic N) is 1. The highest BCUT2D eigenvalue weighted by Gasteiger charge is 2.25. The number of methoxy groups -OCH3 is 1. The Balaban J connectivity index is 1.94. The van der Waals surface area contributed by atoms with Crippen molar-refractivity contribution < 1.29 is 14.3 Å². The summed E-state index contributed by atoms with van der Waals surface area (Å²) in [5.74, 6) is 0.530. The molecule has 6 heteroatoms. The van der Waals surface area contributed by atoms with Crippen molar-refractivity contribution in [2.75, 3.05) is 33.3 Å². The monoisotopic (exact) mass is 361 g/mol. The summed E-state index contributed by atoms with van der Waals surface area (Å²) >= 11 is 0. The molecule has 2 rings (SSSR count). The highest BCUT2D eigenvalue weighted by molar-refractivity contribution is 5.87. The first-order chi connectivity index (χ1) is 12.3. The van der Waals surface area contributed by atoms with Crippen molar-refractivity contribution in [2.45, 2.75) is 39.7 Å². The molecule has 1 aliphatic heterocycles. The molecular formula is C20H31N3O3. The Kier molecular flexibility index (Phi) is 7.03. The first-order valence-electron chi connectivity index (χ1n) is 9.24. The third kappa shape index (κ3) is 5.73. The fourth-order valence-electron chi connectivity index (χ4n) is 3.04. The second kappa shape index (κ2) is 9.03. The average Bonchev–Trinajstić information content (AvgIpc) is 3.14. The minimum atomic E-state index is -0.499. The van der Waals surface area contributed by atoms with Gasteiger partial charge in [-0.05, 0) is 43.6 Å². The Bertz CT molecular complexity index is 602. The molecule has 0 radical (unpaired) electrons. The van der Waals surface area contributed by atoms with Crippen molar-refractivity contribution in [3.05, 3.63) is 29.8 Å². The van der Waals surface area contributed by atoms with E-state index in [1.165, 1.54) is 12.8 Å². The van der Waals surface area contributed by atoms with Gasteiger partial charge in [-0.3, -0.25) is 14.5 Å². The van der Waals surface area contributed by atoms with E-state index < -0.39 is 5.41 Å². The van der Waals surface area contributed by atoms with Crippen LogP contribution in [0, 0.1) is 5.41 Å². The van der Waals surface area contributed by atoms with Crippen LogP contribution in [0.4, 0.5) is 0 Å². The molecule has 1 fully saturated rings. The van der Waals surface area contributed by atoms with E-state index in [9.17, 15) is 9.59 Å². The highest BCUT2D eigenvalue weighted by Crippen LogP contribution is 2.26. The number of benzene rings is 1. The van der Waals surface area contributed by atoms with Crippen molar-refractivity contribution in [3.8, 4) is 5.75 Å². The summed E-state index contributed by atoms with van der Waals surface area (Å²) in [5, 5.41) is 5.66. The van der Waals surface area contributed by atoms with Gasteiger partial charge >= 0.3 is 0 Å². The highest BCUT2D eigenvalue weighted by atomic mass is 16.5. The maximum Gasteiger partial charge on any atom is 0.239 e. The summed E-state index contributed by atoms with van der Waals surface area (Å²) in [6, 6.07) is 8.13. The number of ether oxygens (including phenoxy) is 1. The summed E-state index contributed by atoms with van der Waals surface area (Å²) in [7, 11) is 1.65. The fourth-order valence-corrected chi connectivity index (χ4v) is 3.04. The van der Waals surface area contributed by atoms with Crippen LogP contribution in [0.1, 0.15) is 45.2 Å². The molecule has 0 aliphatic carbocycles. The van der Waals surface area contributed by atoms with E-state index in [0.29, 0.717) is 6.54 Å². The van der Waals surface area contributed by atoms with Crippen LogP contribution in [0.2, 0.25) is 0 Å². The first-order valence-corrected chi connectivity index (χ1v) is 9.24. The molecule has 0 spiro atoms. The molecule has 0 aromatic heterocycles. The van der Waals surface area contributed by atoms with Gasteiger partial charge in [0.2, 0.25) is 11.8 Å². The standard InChI is InChI=1S/C20H31N3O3/c1-20(2,3)19(25)22-14-18(24)21-13-17(23-11-5-6-12-23)15-7-9-16(26-4)10-8-15/h7-10,17H,5-6,11-14H2,1-4H3,(H,21,24)(H,22,25). The molecule has 0 saturated carbocycles. The van der Waals surface area contributed by atoms with Gasteiger partial charge in [0, 0.05) is 12.0 Å². The molecule has 2 amide bonds. The fraction of sp³-hybridized carbons (Fsp3) is 0.600. The molecule has 144 valence electrons. The summed E-state index contributed by atoms with van der Waals surface area (Å²) in [5.41, 5.74) is 0.660. The minimum Gasteiger partial charge on any atom is -0.497 e. The lowest BCUT2D eigenvalue weighted by molar-refractivity contribution is -0.131. The Morgan fingerprint density at radius 1 is 1.12 bits per heavy atom. The molecule has 1 heterocycles. The zero-order valence-corrected chi connectivity index (χ0v) is 16.3. The number of hydrogen-bond donors (Lipinski definition) is 2. The maximum atomic E-state index is 12.2. The van der Waals surface area contributed by atoms with Crippen LogP contribution in [0.5, 0.6) is 5.75 Å². The quantitative estimate of drug-likeness (QED) is 0.780. The summed E-state index contributed by atoms with van der Waals surface area (Å²) in [6.45, 7) is 8.08. The molecule has 6 nitrogen and oxygen atoms in total. The van der Waals surface area contributed by atoms with Crippen molar-refractivity contribution in [1.29, 1.82) is 0 Å². The summed E-state index contributed by atoms with van der Waals surface area (Å²) in [4.78, 5) is 26.4. The van der Waals surface area contributed by atoms with Gasteiger partial charge in [0.25, 0.3) is 0 Å². The number of carbonyl (C=O) groups excluding carboxylic acids is 2. The zero-order valence-electron chi connectivity index (χ0n) is 16.3. The predicted octanol–water partition coefficient (Wildman–Crippen LogP) is 2.11. The largest absolute Gasteiger partial charge is 0.497 e. The van der Waals surface area contributed by atoms with Crippen molar-refractivity contribution in [3.63, 3.8) is 0 Å². The molecular weight excluding hydrogens is 330 g/mol. The molecule has 2 N–H and O–H groups in total. The first kappa shape index (κ1) is 20.2. The third-order valence-corrected chi connectivity index (χ3v) is 4.67. The van der Waals surface area contributed by atoms with Gasteiger partial charge in [-0.15, -0.1) is 0 Å². The predicted molar refractivity (Wildman–Crippen MR) is 102 cm³/mol. The lowest BCUT2D eigenvalue weighted by atomic mass is 9.96. The zero-order chi connectivity index (χ0) is 19.2. The van der Waals surface area contributed by atoms with Crippen molar-refractivity contribution >= 4 is 11.8 Å². The Morgan fingerprint density at radius 2 is 1.73 bits per heavy atom. The van der Waals surface area contributed by atoms with Crippen LogP contribution in [-0.2, 0) is 9.59 Å². The van der Waals surface area contributed by atoms with Gasteiger partial charge in [-0.25, -0.2) is 0 Å². The molecule has 1 saturated heterocycles. The van der Waals surface area contributed by atoms with Gasteiger partial charge in [0.1, 0.15) is 5.75 Å². The normalized spacial score (nSPS) is 16.2. The van der Waals surface area contributed by atoms with Crippen LogP contribution in [0.15, 0.2) is 24.3 Å². The number of rotatable bonds is 7. The van der Waals surface area contributed by atoms with Gasteiger partial charge in [0.05, 0.1) is 19.7 Å². The van der Waals surface area contributed by atoms with Crippen LogP contribution in [-0.4, -0.2) is 50.0 Å². The van der Waals surface area contributed by atoms with E-state index in [-0.39, 0.29) is 24.4 Å². The Labute approximate surface area is 156 Å². The molecule has 0 bridgehead atoms. The maximum absolute atomic E-state index is 12.2. The van der Waals surface area contributed by atoms with E-state index >= 15 is 0 Å². The number of likely N-dealkylation sites (tertiary alicyclic amines) is 1. The molecule has 1 atom stereocenters. The van der Waals surface area contributed by atoms with Gasteiger partial charge in [0.15, 0.2) is 0 Å². The number of hydrogen-bond acceptors (Lipinski definition) is 4. The smallest absolute Gasteiger partial charge is 0.239 e. The van der Waals surface area contributed by atoms with Crippen molar-refractivity contribution in [2.24, 2.45) is 5.41 Å². The van der Waals surface area contributed by atoms with Crippen LogP contribution in [0.3, 0.4) is 0 Å². The molecule has 1 aliphatic rings. The molecule has 1 unspecified atom stereocenters. The van der Waals surface area contributed by atoms with Crippen LogP contribution >= 0.6 is 0 Å². The van der Waals surface area contributed by atoms with E-state index in [1.807, 2.05) is 32.9 Å². The minimum absolute atomic E-state index is 0.00539. The second-order valence-corrected chi connectivity index (χ2v) is 7.77. The lowest BCUT2D eigenvalue weighted by Crippen LogP contribution is -2.44. The molecule has 26 heavy (non-hydrogen) atoms. The van der Waals surface area contributed by atoms with E-state index in [2.05, 4.69) is 27.7 Å². The van der Waals surface area contributed by atoms with Gasteiger partial charge in [-0.2, -0.15) is 0 Å². The number of amides is 2.